The molecule has 1 saturated carbocycles. The van der Waals surface area contributed by atoms with Gasteiger partial charge >= 0.3 is 0 Å². The van der Waals surface area contributed by atoms with Gasteiger partial charge in [0.15, 0.2) is 0 Å². The van der Waals surface area contributed by atoms with E-state index in [1.807, 2.05) is 6.92 Å². The summed E-state index contributed by atoms with van der Waals surface area (Å²) in [6, 6.07) is 0.255. The zero-order valence-electron chi connectivity index (χ0n) is 13.2. The lowest BCUT2D eigenvalue weighted by molar-refractivity contribution is 0.0828. The highest BCUT2D eigenvalue weighted by atomic mass is 16.5. The normalized spacial score (nSPS) is 23.6. The van der Waals surface area contributed by atoms with Gasteiger partial charge in [-0.25, -0.2) is 0 Å². The van der Waals surface area contributed by atoms with Crippen molar-refractivity contribution in [3.05, 3.63) is 17.0 Å². The zero-order valence-corrected chi connectivity index (χ0v) is 13.2. The first kappa shape index (κ1) is 15.1. The number of amides is 1. The molecular weight excluding hydrogens is 252 g/mol. The van der Waals surface area contributed by atoms with Crippen molar-refractivity contribution < 1.29 is 9.32 Å². The van der Waals surface area contributed by atoms with Gasteiger partial charge in [-0.3, -0.25) is 4.79 Å². The van der Waals surface area contributed by atoms with Crippen molar-refractivity contribution in [2.24, 2.45) is 11.3 Å². The van der Waals surface area contributed by atoms with Crippen molar-refractivity contribution in [2.75, 3.05) is 0 Å². The van der Waals surface area contributed by atoms with Crippen LogP contribution in [0.1, 0.15) is 68.3 Å². The molecule has 1 aliphatic rings. The minimum absolute atomic E-state index is 0.0394. The Morgan fingerprint density at radius 3 is 2.45 bits per heavy atom. The van der Waals surface area contributed by atoms with Crippen LogP contribution in [-0.4, -0.2) is 17.1 Å². The fourth-order valence-corrected chi connectivity index (χ4v) is 3.39. The largest absolute Gasteiger partial charge is 0.361 e. The van der Waals surface area contributed by atoms with E-state index in [1.165, 1.54) is 19.3 Å². The Morgan fingerprint density at radius 2 is 1.90 bits per heavy atom. The van der Waals surface area contributed by atoms with Crippen LogP contribution in [0.3, 0.4) is 0 Å². The lowest BCUT2D eigenvalue weighted by atomic mass is 9.69. The Morgan fingerprint density at radius 1 is 1.25 bits per heavy atom. The molecule has 0 aromatic carbocycles. The van der Waals surface area contributed by atoms with Gasteiger partial charge in [0.25, 0.3) is 5.91 Å². The first-order valence-corrected chi connectivity index (χ1v) is 7.54. The van der Waals surface area contributed by atoms with Crippen LogP contribution in [0.5, 0.6) is 0 Å². The Kier molecular flexibility index (Phi) is 4.21. The molecule has 1 heterocycles. The van der Waals surface area contributed by atoms with Crippen molar-refractivity contribution >= 4 is 5.91 Å². The fourth-order valence-electron chi connectivity index (χ4n) is 3.39. The van der Waals surface area contributed by atoms with E-state index in [1.54, 1.807) is 6.92 Å². The molecule has 2 atom stereocenters. The van der Waals surface area contributed by atoms with Crippen molar-refractivity contribution in [3.8, 4) is 0 Å². The highest BCUT2D eigenvalue weighted by Crippen LogP contribution is 2.38. The van der Waals surface area contributed by atoms with Crippen LogP contribution in [-0.2, 0) is 0 Å². The molecule has 4 heteroatoms. The van der Waals surface area contributed by atoms with Gasteiger partial charge in [-0.15, -0.1) is 0 Å². The number of hydrogen-bond acceptors (Lipinski definition) is 3. The minimum atomic E-state index is -0.0394. The third-order valence-electron chi connectivity index (χ3n) is 4.46. The Balaban J connectivity index is 2.13. The van der Waals surface area contributed by atoms with Gasteiger partial charge in [0.1, 0.15) is 11.3 Å². The van der Waals surface area contributed by atoms with Crippen molar-refractivity contribution in [3.63, 3.8) is 0 Å². The van der Waals surface area contributed by atoms with Crippen LogP contribution in [0, 0.1) is 25.2 Å². The molecular formula is C16H26N2O2. The lowest BCUT2D eigenvalue weighted by Gasteiger charge is -2.40. The molecule has 0 radical (unpaired) electrons. The van der Waals surface area contributed by atoms with E-state index in [2.05, 4.69) is 31.2 Å². The molecule has 112 valence electrons. The maximum absolute atomic E-state index is 12.5. The van der Waals surface area contributed by atoms with E-state index in [0.29, 0.717) is 22.9 Å². The van der Waals surface area contributed by atoms with Gasteiger partial charge in [0.2, 0.25) is 0 Å². The van der Waals surface area contributed by atoms with Crippen LogP contribution >= 0.6 is 0 Å². The van der Waals surface area contributed by atoms with Gasteiger partial charge in [-0.1, -0.05) is 38.8 Å². The van der Waals surface area contributed by atoms with Crippen LogP contribution in [0.15, 0.2) is 4.52 Å². The second-order valence-electron chi connectivity index (χ2n) is 7.04. The van der Waals surface area contributed by atoms with Gasteiger partial charge in [0, 0.05) is 6.04 Å². The predicted molar refractivity (Wildman–Crippen MR) is 78.6 cm³/mol. The average Bonchev–Trinajstić information content (AvgIpc) is 2.68. The Hall–Kier alpha value is -1.32. The summed E-state index contributed by atoms with van der Waals surface area (Å²) in [6.07, 6.45) is 4.71. The highest BCUT2D eigenvalue weighted by molar-refractivity contribution is 5.96. The number of nitrogens with one attached hydrogen (secondary N) is 1. The van der Waals surface area contributed by atoms with Gasteiger partial charge in [-0.05, 0) is 38.0 Å². The van der Waals surface area contributed by atoms with E-state index < -0.39 is 0 Å². The molecule has 1 fully saturated rings. The third-order valence-corrected chi connectivity index (χ3v) is 4.46. The van der Waals surface area contributed by atoms with Crippen LogP contribution < -0.4 is 5.32 Å². The summed E-state index contributed by atoms with van der Waals surface area (Å²) in [5.74, 6) is 1.09. The van der Waals surface area contributed by atoms with Crippen LogP contribution in [0.25, 0.3) is 0 Å². The molecule has 1 aromatic rings. The number of rotatable bonds is 2. The molecule has 1 aliphatic carbocycles. The molecule has 0 aliphatic heterocycles. The Labute approximate surface area is 121 Å². The van der Waals surface area contributed by atoms with Crippen molar-refractivity contribution in [1.29, 1.82) is 0 Å². The lowest BCUT2D eigenvalue weighted by Crippen LogP contribution is -2.46. The van der Waals surface area contributed by atoms with E-state index in [4.69, 9.17) is 4.52 Å². The maximum Gasteiger partial charge on any atom is 0.257 e. The van der Waals surface area contributed by atoms with E-state index in [0.717, 1.165) is 6.42 Å². The molecule has 0 bridgehead atoms. The first-order valence-electron chi connectivity index (χ1n) is 7.54. The average molecular weight is 278 g/mol. The highest BCUT2D eigenvalue weighted by Gasteiger charge is 2.35. The van der Waals surface area contributed by atoms with E-state index in [-0.39, 0.29) is 17.4 Å². The molecule has 0 unspecified atom stereocenters. The summed E-state index contributed by atoms with van der Waals surface area (Å²) >= 11 is 0. The van der Waals surface area contributed by atoms with Gasteiger partial charge in [-0.2, -0.15) is 0 Å². The molecule has 2 rings (SSSR count). The second-order valence-corrected chi connectivity index (χ2v) is 7.04. The summed E-state index contributed by atoms with van der Waals surface area (Å²) in [5, 5.41) is 7.08. The molecule has 1 N–H and O–H groups in total. The van der Waals surface area contributed by atoms with Crippen LogP contribution in [0.4, 0.5) is 0 Å². The summed E-state index contributed by atoms with van der Waals surface area (Å²) < 4.78 is 5.09. The van der Waals surface area contributed by atoms with Crippen molar-refractivity contribution in [1.82, 2.24) is 10.5 Å². The third kappa shape index (κ3) is 3.05. The number of hydrogen-bond donors (Lipinski definition) is 1. The molecule has 1 aromatic heterocycles. The van der Waals surface area contributed by atoms with Crippen molar-refractivity contribution in [2.45, 2.75) is 66.3 Å². The SMILES string of the molecule is Cc1noc(C)c1C(=O)N[C@H]1CCCC[C@@H]1C(C)(C)C. The zero-order chi connectivity index (χ0) is 14.9. The summed E-state index contributed by atoms with van der Waals surface area (Å²) in [4.78, 5) is 12.5. The van der Waals surface area contributed by atoms with E-state index >= 15 is 0 Å². The standard InChI is InChI=1S/C16H26N2O2/c1-10-14(11(2)20-18-10)15(19)17-13-9-7-6-8-12(13)16(3,4)5/h12-13H,6-9H2,1-5H3,(H,17,19)/t12-,13-/m0/s1. The maximum atomic E-state index is 12.5. The smallest absolute Gasteiger partial charge is 0.257 e. The van der Waals surface area contributed by atoms with E-state index in [9.17, 15) is 4.79 Å². The quantitative estimate of drug-likeness (QED) is 0.898. The summed E-state index contributed by atoms with van der Waals surface area (Å²) in [5.41, 5.74) is 1.49. The molecule has 20 heavy (non-hydrogen) atoms. The first-order chi connectivity index (χ1) is 9.30. The molecule has 0 spiro atoms. The predicted octanol–water partition coefficient (Wildman–Crippen LogP) is 3.63. The minimum Gasteiger partial charge on any atom is -0.361 e. The number of carbonyl (C=O) groups excluding carboxylic acids is 1. The topological polar surface area (TPSA) is 55.1 Å². The molecule has 1 amide bonds. The number of nitrogens with zero attached hydrogens (tertiary/aromatic N) is 1. The summed E-state index contributed by atoms with van der Waals surface area (Å²) in [7, 11) is 0. The van der Waals surface area contributed by atoms with Gasteiger partial charge in [0.05, 0.1) is 5.69 Å². The number of aryl methyl sites for hydroxylation is 2. The van der Waals surface area contributed by atoms with Gasteiger partial charge < -0.3 is 9.84 Å². The second kappa shape index (κ2) is 5.58. The Bertz CT molecular complexity index is 466. The van der Waals surface area contributed by atoms with Crippen LogP contribution in [0.2, 0.25) is 0 Å². The number of aromatic nitrogens is 1. The molecule has 0 saturated heterocycles. The fraction of sp³-hybridized carbons (Fsp3) is 0.750. The number of carbonyl (C=O) groups is 1. The summed E-state index contributed by atoms with van der Waals surface area (Å²) in [6.45, 7) is 10.4. The molecule has 4 nitrogen and oxygen atoms in total. The monoisotopic (exact) mass is 278 g/mol.